The molecule has 0 bridgehead atoms. The fourth-order valence-electron chi connectivity index (χ4n) is 1.93. The summed E-state index contributed by atoms with van der Waals surface area (Å²) in [6.45, 7) is 4.33. The lowest BCUT2D eigenvalue weighted by atomic mass is 9.94. The Morgan fingerprint density at radius 3 is 2.19 bits per heavy atom. The van der Waals surface area contributed by atoms with E-state index in [2.05, 4.69) is 19.2 Å². The molecule has 0 fully saturated rings. The maximum absolute atomic E-state index is 12.7. The number of anilines is 1. The number of hydrogen-bond acceptors (Lipinski definition) is 2. The molecule has 0 saturated carbocycles. The predicted octanol–water partition coefficient (Wildman–Crippen LogP) is 3.03. The summed E-state index contributed by atoms with van der Waals surface area (Å²) in [4.78, 5) is 0. The van der Waals surface area contributed by atoms with Crippen LogP contribution in [0.5, 0.6) is 0 Å². The molecule has 3 heteroatoms. The minimum Gasteiger partial charge on any atom is -0.394 e. The van der Waals surface area contributed by atoms with E-state index >= 15 is 0 Å². The molecular formula is C13H20FNO. The third-order valence-electron chi connectivity index (χ3n) is 3.01. The van der Waals surface area contributed by atoms with Crippen molar-refractivity contribution < 1.29 is 9.50 Å². The largest absolute Gasteiger partial charge is 0.394 e. The van der Waals surface area contributed by atoms with Gasteiger partial charge in [0.15, 0.2) is 0 Å². The van der Waals surface area contributed by atoms with Gasteiger partial charge in [-0.05, 0) is 30.2 Å². The summed E-state index contributed by atoms with van der Waals surface area (Å²) in [5.74, 6) is 0.198. The van der Waals surface area contributed by atoms with Crippen LogP contribution >= 0.6 is 0 Å². The Kier molecular flexibility index (Phi) is 5.26. The maximum atomic E-state index is 12.7. The lowest BCUT2D eigenvalue weighted by Crippen LogP contribution is -2.32. The van der Waals surface area contributed by atoms with E-state index < -0.39 is 0 Å². The van der Waals surface area contributed by atoms with Crippen LogP contribution in [0.4, 0.5) is 10.1 Å². The van der Waals surface area contributed by atoms with Crippen LogP contribution in [0.15, 0.2) is 24.3 Å². The van der Waals surface area contributed by atoms with Gasteiger partial charge in [-0.2, -0.15) is 0 Å². The minimum absolute atomic E-state index is 0.0421. The second kappa shape index (κ2) is 6.48. The summed E-state index contributed by atoms with van der Waals surface area (Å²) in [5, 5.41) is 12.6. The number of benzene rings is 1. The summed E-state index contributed by atoms with van der Waals surface area (Å²) in [6, 6.07) is 6.27. The van der Waals surface area contributed by atoms with Crippen molar-refractivity contribution in [3.8, 4) is 0 Å². The lowest BCUT2D eigenvalue weighted by molar-refractivity contribution is 0.231. The molecular weight excluding hydrogens is 205 g/mol. The molecule has 1 aromatic carbocycles. The Hall–Kier alpha value is -1.09. The van der Waals surface area contributed by atoms with Crippen LogP contribution in [0.25, 0.3) is 0 Å². The van der Waals surface area contributed by atoms with Crippen LogP contribution in [0.3, 0.4) is 0 Å². The first-order valence-electron chi connectivity index (χ1n) is 5.84. The first-order chi connectivity index (χ1) is 7.71. The van der Waals surface area contributed by atoms with Crippen molar-refractivity contribution in [1.82, 2.24) is 0 Å². The molecule has 0 aliphatic rings. The van der Waals surface area contributed by atoms with E-state index in [4.69, 9.17) is 0 Å². The topological polar surface area (TPSA) is 32.3 Å². The average molecular weight is 225 g/mol. The van der Waals surface area contributed by atoms with Crippen LogP contribution < -0.4 is 5.32 Å². The van der Waals surface area contributed by atoms with E-state index in [-0.39, 0.29) is 18.5 Å². The molecule has 0 aromatic heterocycles. The van der Waals surface area contributed by atoms with Gasteiger partial charge in [-0.3, -0.25) is 0 Å². The van der Waals surface area contributed by atoms with Gasteiger partial charge in [0.1, 0.15) is 5.82 Å². The second-order valence-electron chi connectivity index (χ2n) is 4.02. The van der Waals surface area contributed by atoms with Gasteiger partial charge in [0, 0.05) is 5.69 Å². The van der Waals surface area contributed by atoms with E-state index in [0.29, 0.717) is 5.92 Å². The van der Waals surface area contributed by atoms with Gasteiger partial charge in [0.2, 0.25) is 0 Å². The SMILES string of the molecule is CCC(CC)C(CO)Nc1ccc(F)cc1. The zero-order valence-corrected chi connectivity index (χ0v) is 9.91. The Morgan fingerprint density at radius 1 is 1.19 bits per heavy atom. The Bertz CT molecular complexity index is 295. The van der Waals surface area contributed by atoms with Gasteiger partial charge < -0.3 is 10.4 Å². The molecule has 0 amide bonds. The lowest BCUT2D eigenvalue weighted by Gasteiger charge is -2.25. The van der Waals surface area contributed by atoms with E-state index in [1.807, 2.05) is 0 Å². The molecule has 0 spiro atoms. The smallest absolute Gasteiger partial charge is 0.123 e. The molecule has 0 aliphatic heterocycles. The fourth-order valence-corrected chi connectivity index (χ4v) is 1.93. The molecule has 0 radical (unpaired) electrons. The number of aliphatic hydroxyl groups is 1. The highest BCUT2D eigenvalue weighted by molar-refractivity contribution is 5.43. The van der Waals surface area contributed by atoms with Crippen LogP contribution in [0.1, 0.15) is 26.7 Å². The fraction of sp³-hybridized carbons (Fsp3) is 0.538. The molecule has 16 heavy (non-hydrogen) atoms. The van der Waals surface area contributed by atoms with Crippen LogP contribution in [0.2, 0.25) is 0 Å². The number of rotatable bonds is 6. The van der Waals surface area contributed by atoms with Crippen molar-refractivity contribution >= 4 is 5.69 Å². The second-order valence-corrected chi connectivity index (χ2v) is 4.02. The van der Waals surface area contributed by atoms with Crippen LogP contribution in [-0.2, 0) is 0 Å². The van der Waals surface area contributed by atoms with Gasteiger partial charge in [0.25, 0.3) is 0 Å². The highest BCUT2D eigenvalue weighted by Gasteiger charge is 2.17. The first-order valence-corrected chi connectivity index (χ1v) is 5.84. The van der Waals surface area contributed by atoms with Crippen molar-refractivity contribution in [2.24, 2.45) is 5.92 Å². The third kappa shape index (κ3) is 3.49. The number of nitrogens with one attached hydrogen (secondary N) is 1. The van der Waals surface area contributed by atoms with Crippen molar-refractivity contribution in [3.05, 3.63) is 30.1 Å². The molecule has 0 saturated heterocycles. The van der Waals surface area contributed by atoms with Crippen LogP contribution in [-0.4, -0.2) is 17.8 Å². The Labute approximate surface area is 96.5 Å². The normalized spacial score (nSPS) is 12.8. The zero-order chi connectivity index (χ0) is 12.0. The number of hydrogen-bond donors (Lipinski definition) is 2. The first kappa shape index (κ1) is 13.0. The van der Waals surface area contributed by atoms with Crippen molar-refractivity contribution in [2.75, 3.05) is 11.9 Å². The van der Waals surface area contributed by atoms with E-state index in [1.165, 1.54) is 12.1 Å². The summed E-state index contributed by atoms with van der Waals surface area (Å²) < 4.78 is 12.7. The summed E-state index contributed by atoms with van der Waals surface area (Å²) in [7, 11) is 0. The quantitative estimate of drug-likeness (QED) is 0.780. The van der Waals surface area contributed by atoms with E-state index in [9.17, 15) is 9.50 Å². The summed E-state index contributed by atoms with van der Waals surface area (Å²) in [6.07, 6.45) is 2.05. The molecule has 0 heterocycles. The van der Waals surface area contributed by atoms with Crippen molar-refractivity contribution in [2.45, 2.75) is 32.7 Å². The zero-order valence-electron chi connectivity index (χ0n) is 9.91. The molecule has 2 N–H and O–H groups in total. The Morgan fingerprint density at radius 2 is 1.75 bits per heavy atom. The van der Waals surface area contributed by atoms with E-state index in [0.717, 1.165) is 18.5 Å². The van der Waals surface area contributed by atoms with Crippen LogP contribution in [0, 0.1) is 11.7 Å². The van der Waals surface area contributed by atoms with Crippen molar-refractivity contribution in [3.63, 3.8) is 0 Å². The molecule has 1 aromatic rings. The van der Waals surface area contributed by atoms with Gasteiger partial charge in [0.05, 0.1) is 12.6 Å². The summed E-state index contributed by atoms with van der Waals surface area (Å²) >= 11 is 0. The average Bonchev–Trinajstić information content (AvgIpc) is 2.32. The third-order valence-corrected chi connectivity index (χ3v) is 3.01. The molecule has 1 atom stereocenters. The molecule has 2 nitrogen and oxygen atoms in total. The maximum Gasteiger partial charge on any atom is 0.123 e. The van der Waals surface area contributed by atoms with Gasteiger partial charge in [-0.15, -0.1) is 0 Å². The molecule has 1 rings (SSSR count). The highest BCUT2D eigenvalue weighted by Crippen LogP contribution is 2.18. The molecule has 1 unspecified atom stereocenters. The van der Waals surface area contributed by atoms with Gasteiger partial charge in [-0.25, -0.2) is 4.39 Å². The monoisotopic (exact) mass is 225 g/mol. The predicted molar refractivity (Wildman–Crippen MR) is 65.0 cm³/mol. The standard InChI is InChI=1S/C13H20FNO/c1-3-10(4-2)13(9-16)15-12-7-5-11(14)6-8-12/h5-8,10,13,15-16H,3-4,9H2,1-2H3. The molecule has 0 aliphatic carbocycles. The highest BCUT2D eigenvalue weighted by atomic mass is 19.1. The summed E-state index contributed by atoms with van der Waals surface area (Å²) in [5.41, 5.74) is 0.854. The van der Waals surface area contributed by atoms with Gasteiger partial charge >= 0.3 is 0 Å². The van der Waals surface area contributed by atoms with Crippen molar-refractivity contribution in [1.29, 1.82) is 0 Å². The Balaban J connectivity index is 2.65. The molecule has 90 valence electrons. The van der Waals surface area contributed by atoms with E-state index in [1.54, 1.807) is 12.1 Å². The minimum atomic E-state index is -0.242. The van der Waals surface area contributed by atoms with Gasteiger partial charge in [-0.1, -0.05) is 26.7 Å². The number of halogens is 1. The number of aliphatic hydroxyl groups excluding tert-OH is 1.